The number of nitrogens with one attached hydrogen (secondary N) is 1. The number of benzene rings is 3. The van der Waals surface area contributed by atoms with Gasteiger partial charge in [-0.05, 0) is 61.2 Å². The van der Waals surface area contributed by atoms with Crippen LogP contribution in [0.3, 0.4) is 0 Å². The van der Waals surface area contributed by atoms with Crippen LogP contribution in [0.25, 0.3) is 0 Å². The number of hydrogen-bond donors (Lipinski definition) is 1. The molecule has 0 spiro atoms. The lowest BCUT2D eigenvalue weighted by Gasteiger charge is -2.33. The predicted molar refractivity (Wildman–Crippen MR) is 154 cm³/mol. The van der Waals surface area contributed by atoms with Crippen molar-refractivity contribution >= 4 is 39.1 Å². The van der Waals surface area contributed by atoms with Crippen molar-refractivity contribution in [3.8, 4) is 0 Å². The highest BCUT2D eigenvalue weighted by Crippen LogP contribution is 2.27. The number of amides is 2. The number of carbonyl (C=O) groups is 2. The molecule has 1 N–H and O–H groups in total. The fourth-order valence-electron chi connectivity index (χ4n) is 4.96. The van der Waals surface area contributed by atoms with Crippen LogP contribution in [-0.2, 0) is 26.2 Å². The molecule has 212 valence electrons. The van der Waals surface area contributed by atoms with Crippen molar-refractivity contribution in [1.29, 1.82) is 0 Å². The first-order valence-electron chi connectivity index (χ1n) is 13.4. The van der Waals surface area contributed by atoms with Crippen LogP contribution < -0.4 is 9.62 Å². The average Bonchev–Trinajstić information content (AvgIpc) is 3.46. The van der Waals surface area contributed by atoms with Crippen LogP contribution >= 0.6 is 11.6 Å². The summed E-state index contributed by atoms with van der Waals surface area (Å²) in [5, 5.41) is 3.59. The van der Waals surface area contributed by atoms with Gasteiger partial charge in [-0.15, -0.1) is 0 Å². The van der Waals surface area contributed by atoms with E-state index < -0.39 is 34.3 Å². The Morgan fingerprint density at radius 1 is 0.975 bits per heavy atom. The van der Waals surface area contributed by atoms with Gasteiger partial charge in [-0.1, -0.05) is 73.8 Å². The Morgan fingerprint density at radius 3 is 2.23 bits per heavy atom. The maximum absolute atomic E-state index is 15.0. The van der Waals surface area contributed by atoms with E-state index in [2.05, 4.69) is 5.32 Å². The minimum atomic E-state index is -4.33. The van der Waals surface area contributed by atoms with Crippen molar-refractivity contribution in [2.45, 2.75) is 62.6 Å². The molecule has 0 unspecified atom stereocenters. The third-order valence-electron chi connectivity index (χ3n) is 7.08. The van der Waals surface area contributed by atoms with Crippen LogP contribution in [0.2, 0.25) is 5.02 Å². The number of hydrogen-bond acceptors (Lipinski definition) is 4. The molecule has 0 aliphatic heterocycles. The van der Waals surface area contributed by atoms with Gasteiger partial charge >= 0.3 is 0 Å². The van der Waals surface area contributed by atoms with Gasteiger partial charge in [-0.25, -0.2) is 12.8 Å². The Kier molecular flexibility index (Phi) is 9.81. The molecule has 2 amide bonds. The molecule has 0 bridgehead atoms. The lowest BCUT2D eigenvalue weighted by molar-refractivity contribution is -0.140. The molecular weight excluding hydrogens is 553 g/mol. The van der Waals surface area contributed by atoms with Gasteiger partial charge in [0.15, 0.2) is 0 Å². The van der Waals surface area contributed by atoms with Crippen LogP contribution in [0.15, 0.2) is 83.8 Å². The molecule has 1 fully saturated rings. The Balaban J connectivity index is 1.71. The van der Waals surface area contributed by atoms with Crippen molar-refractivity contribution in [2.24, 2.45) is 0 Å². The minimum Gasteiger partial charge on any atom is -0.352 e. The van der Waals surface area contributed by atoms with E-state index in [1.54, 1.807) is 49.4 Å². The summed E-state index contributed by atoms with van der Waals surface area (Å²) >= 11 is 6.05. The first-order chi connectivity index (χ1) is 19.2. The number of nitrogens with zero attached hydrogens (tertiary/aromatic N) is 2. The number of carbonyl (C=O) groups excluding carboxylic acids is 2. The zero-order valence-electron chi connectivity index (χ0n) is 22.3. The Hall–Kier alpha value is -3.43. The van der Waals surface area contributed by atoms with Gasteiger partial charge in [-0.2, -0.15) is 0 Å². The smallest absolute Gasteiger partial charge is 0.264 e. The van der Waals surface area contributed by atoms with Gasteiger partial charge in [0.05, 0.1) is 10.6 Å². The topological polar surface area (TPSA) is 86.8 Å². The van der Waals surface area contributed by atoms with E-state index in [0.29, 0.717) is 17.0 Å². The molecule has 1 aliphatic carbocycles. The number of para-hydroxylation sites is 1. The molecule has 0 aromatic heterocycles. The number of halogens is 2. The third kappa shape index (κ3) is 7.01. The van der Waals surface area contributed by atoms with Crippen LogP contribution in [0.1, 0.15) is 44.6 Å². The molecule has 0 radical (unpaired) electrons. The summed E-state index contributed by atoms with van der Waals surface area (Å²) < 4.78 is 43.2. The fourth-order valence-corrected chi connectivity index (χ4v) is 6.53. The van der Waals surface area contributed by atoms with Crippen molar-refractivity contribution < 1.29 is 22.4 Å². The number of rotatable bonds is 11. The Labute approximate surface area is 240 Å². The van der Waals surface area contributed by atoms with Crippen LogP contribution in [0.5, 0.6) is 0 Å². The Morgan fingerprint density at radius 2 is 1.60 bits per heavy atom. The quantitative estimate of drug-likeness (QED) is 0.320. The molecule has 10 heteroatoms. The highest BCUT2D eigenvalue weighted by Gasteiger charge is 2.35. The lowest BCUT2D eigenvalue weighted by atomic mass is 10.1. The second-order valence-corrected chi connectivity index (χ2v) is 12.1. The van der Waals surface area contributed by atoms with Crippen molar-refractivity contribution in [3.63, 3.8) is 0 Å². The van der Waals surface area contributed by atoms with Crippen LogP contribution in [0, 0.1) is 5.82 Å². The highest BCUT2D eigenvalue weighted by atomic mass is 35.5. The Bertz CT molecular complexity index is 1410. The second-order valence-electron chi connectivity index (χ2n) is 9.84. The van der Waals surface area contributed by atoms with Gasteiger partial charge in [0.1, 0.15) is 18.4 Å². The average molecular weight is 586 g/mol. The molecule has 1 aliphatic rings. The summed E-state index contributed by atoms with van der Waals surface area (Å²) in [6.07, 6.45) is 4.13. The van der Waals surface area contributed by atoms with E-state index in [1.807, 2.05) is 0 Å². The third-order valence-corrected chi connectivity index (χ3v) is 9.11. The zero-order valence-corrected chi connectivity index (χ0v) is 23.9. The molecule has 40 heavy (non-hydrogen) atoms. The molecule has 7 nitrogen and oxygen atoms in total. The molecule has 0 saturated heterocycles. The van der Waals surface area contributed by atoms with Gasteiger partial charge in [0, 0.05) is 17.6 Å². The standard InChI is InChI=1S/C30H33ClFN3O4S/c1-2-27(30(37)33-24-10-6-7-11-24)34(20-22-16-18-23(31)19-17-22)29(36)21-35(28-15-9-8-14-26(28)32)40(38,39)25-12-4-3-5-13-25/h3-5,8-9,12-19,24,27H,2,6-7,10-11,20-21H2,1H3,(H,33,37)/t27-/m0/s1. The van der Waals surface area contributed by atoms with E-state index in [9.17, 15) is 22.4 Å². The molecule has 4 rings (SSSR count). The summed E-state index contributed by atoms with van der Waals surface area (Å²) in [7, 11) is -4.33. The van der Waals surface area contributed by atoms with Gasteiger partial charge in [0.25, 0.3) is 10.0 Å². The predicted octanol–water partition coefficient (Wildman–Crippen LogP) is 5.54. The first-order valence-corrected chi connectivity index (χ1v) is 15.2. The normalized spacial score (nSPS) is 14.5. The van der Waals surface area contributed by atoms with E-state index >= 15 is 0 Å². The number of sulfonamides is 1. The largest absolute Gasteiger partial charge is 0.352 e. The molecule has 1 saturated carbocycles. The molecular formula is C30H33ClFN3O4S. The van der Waals surface area contributed by atoms with Crippen molar-refractivity contribution in [2.75, 3.05) is 10.8 Å². The summed E-state index contributed by atoms with van der Waals surface area (Å²) in [5.74, 6) is -1.71. The zero-order chi connectivity index (χ0) is 28.7. The molecule has 0 heterocycles. The van der Waals surface area contributed by atoms with E-state index in [-0.39, 0.29) is 29.1 Å². The van der Waals surface area contributed by atoms with Gasteiger partial charge in [0.2, 0.25) is 11.8 Å². The van der Waals surface area contributed by atoms with Gasteiger partial charge < -0.3 is 10.2 Å². The highest BCUT2D eigenvalue weighted by molar-refractivity contribution is 7.92. The SMILES string of the molecule is CC[C@@H](C(=O)NC1CCCC1)N(Cc1ccc(Cl)cc1)C(=O)CN(c1ccccc1F)S(=O)(=O)c1ccccc1. The summed E-state index contributed by atoms with van der Waals surface area (Å²) in [4.78, 5) is 28.7. The fraction of sp³-hybridized carbons (Fsp3) is 0.333. The van der Waals surface area contributed by atoms with Crippen LogP contribution in [0.4, 0.5) is 10.1 Å². The molecule has 1 atom stereocenters. The van der Waals surface area contributed by atoms with Crippen molar-refractivity contribution in [1.82, 2.24) is 10.2 Å². The summed E-state index contributed by atoms with van der Waals surface area (Å²) in [5.41, 5.74) is 0.461. The van der Waals surface area contributed by atoms with Gasteiger partial charge in [-0.3, -0.25) is 13.9 Å². The van der Waals surface area contributed by atoms with Crippen LogP contribution in [-0.4, -0.2) is 43.8 Å². The maximum atomic E-state index is 15.0. The van der Waals surface area contributed by atoms with E-state index in [4.69, 9.17) is 11.6 Å². The van der Waals surface area contributed by atoms with E-state index in [1.165, 1.54) is 35.2 Å². The lowest BCUT2D eigenvalue weighted by Crippen LogP contribution is -2.53. The summed E-state index contributed by atoms with van der Waals surface area (Å²) in [6, 6.07) is 19.0. The summed E-state index contributed by atoms with van der Waals surface area (Å²) in [6.45, 7) is 1.15. The molecule has 3 aromatic carbocycles. The minimum absolute atomic E-state index is 0.0439. The number of anilines is 1. The monoisotopic (exact) mass is 585 g/mol. The van der Waals surface area contributed by atoms with Crippen molar-refractivity contribution in [3.05, 3.63) is 95.3 Å². The maximum Gasteiger partial charge on any atom is 0.264 e. The van der Waals surface area contributed by atoms with E-state index in [0.717, 1.165) is 36.1 Å². The molecule has 3 aromatic rings. The second kappa shape index (κ2) is 13.3. The first kappa shape index (κ1) is 29.6.